The van der Waals surface area contributed by atoms with Gasteiger partial charge in [0.05, 0.1) is 18.9 Å². The summed E-state index contributed by atoms with van der Waals surface area (Å²) in [5.74, 6) is 1.57. The van der Waals surface area contributed by atoms with Crippen molar-refractivity contribution in [2.45, 2.75) is 32.4 Å². The third-order valence-electron chi connectivity index (χ3n) is 7.56. The van der Waals surface area contributed by atoms with Crippen LogP contribution < -0.4 is 15.1 Å². The van der Waals surface area contributed by atoms with Crippen LogP contribution in [-0.4, -0.2) is 77.9 Å². The minimum Gasteiger partial charge on any atom is -0.378 e. The maximum Gasteiger partial charge on any atom is 0.227 e. The molecular weight excluding hydrogens is 438 g/mol. The molecule has 1 aromatic carbocycles. The number of ether oxygens (including phenoxy) is 1. The standard InChI is InChI=1S/C27H33N7O/c1-3-32-17-23-15-22(32)18-34(23)25-6-5-21(14-19(25)2)30-27-28-9-8-24(31-27)20-4-7-26(29-16-20)33-10-12-35-13-11-33/h4-9,14,16,22-23H,3,10-13,15,17-18H2,1-2H3,(H,28,30,31). The number of aromatic nitrogens is 3. The predicted molar refractivity (Wildman–Crippen MR) is 140 cm³/mol. The molecule has 2 unspecified atom stereocenters. The SMILES string of the molecule is CCN1CC2CC1CN2c1ccc(Nc2nccc(-c3ccc(N4CCOCC4)nc3)n2)cc1C. The monoisotopic (exact) mass is 471 g/mol. The Morgan fingerprint density at radius 3 is 2.63 bits per heavy atom. The van der Waals surface area contributed by atoms with E-state index in [1.165, 1.54) is 24.2 Å². The molecule has 5 heterocycles. The summed E-state index contributed by atoms with van der Waals surface area (Å²) in [6, 6.07) is 14.0. The topological polar surface area (TPSA) is 69.7 Å². The van der Waals surface area contributed by atoms with Crippen LogP contribution in [0.2, 0.25) is 0 Å². The zero-order chi connectivity index (χ0) is 23.8. The molecular formula is C27H33N7O. The van der Waals surface area contributed by atoms with Gasteiger partial charge in [0.25, 0.3) is 0 Å². The van der Waals surface area contributed by atoms with E-state index in [-0.39, 0.29) is 0 Å². The van der Waals surface area contributed by atoms with Crippen molar-refractivity contribution in [3.8, 4) is 11.3 Å². The van der Waals surface area contributed by atoms with Crippen LogP contribution in [0.5, 0.6) is 0 Å². The lowest BCUT2D eigenvalue weighted by atomic mass is 10.1. The van der Waals surface area contributed by atoms with Crippen molar-refractivity contribution in [2.24, 2.45) is 0 Å². The van der Waals surface area contributed by atoms with Crippen molar-refractivity contribution in [3.05, 3.63) is 54.4 Å². The van der Waals surface area contributed by atoms with Gasteiger partial charge in [0.1, 0.15) is 5.82 Å². The van der Waals surface area contributed by atoms with E-state index in [0.29, 0.717) is 18.0 Å². The van der Waals surface area contributed by atoms with Crippen LogP contribution in [0.3, 0.4) is 0 Å². The quantitative estimate of drug-likeness (QED) is 0.584. The number of hydrogen-bond donors (Lipinski definition) is 1. The van der Waals surface area contributed by atoms with Gasteiger partial charge >= 0.3 is 0 Å². The maximum atomic E-state index is 5.44. The second-order valence-corrected chi connectivity index (χ2v) is 9.68. The van der Waals surface area contributed by atoms with Crippen LogP contribution in [0.25, 0.3) is 11.3 Å². The molecule has 2 atom stereocenters. The molecule has 3 aliphatic rings. The molecule has 8 heteroatoms. The zero-order valence-electron chi connectivity index (χ0n) is 20.5. The molecule has 3 saturated heterocycles. The average Bonchev–Trinajstić information content (AvgIpc) is 3.50. The lowest BCUT2D eigenvalue weighted by Gasteiger charge is -2.36. The fourth-order valence-electron chi connectivity index (χ4n) is 5.71. The third kappa shape index (κ3) is 4.44. The molecule has 3 fully saturated rings. The Morgan fingerprint density at radius 1 is 1.03 bits per heavy atom. The lowest BCUT2D eigenvalue weighted by Crippen LogP contribution is -2.46. The second-order valence-electron chi connectivity index (χ2n) is 9.68. The highest BCUT2D eigenvalue weighted by molar-refractivity contribution is 5.66. The highest BCUT2D eigenvalue weighted by Gasteiger charge is 2.42. The molecule has 1 N–H and O–H groups in total. The van der Waals surface area contributed by atoms with Crippen molar-refractivity contribution >= 4 is 23.1 Å². The first-order valence-electron chi connectivity index (χ1n) is 12.7. The highest BCUT2D eigenvalue weighted by atomic mass is 16.5. The maximum absolute atomic E-state index is 5.44. The lowest BCUT2D eigenvalue weighted by molar-refractivity contribution is 0.122. The summed E-state index contributed by atoms with van der Waals surface area (Å²) in [6.45, 7) is 11.2. The van der Waals surface area contributed by atoms with E-state index in [1.54, 1.807) is 6.20 Å². The number of pyridine rings is 1. The van der Waals surface area contributed by atoms with E-state index in [4.69, 9.17) is 9.72 Å². The van der Waals surface area contributed by atoms with E-state index in [2.05, 4.69) is 74.2 Å². The zero-order valence-corrected chi connectivity index (χ0v) is 20.5. The minimum absolute atomic E-state index is 0.589. The number of piperazine rings is 1. The van der Waals surface area contributed by atoms with Crippen LogP contribution in [0.15, 0.2) is 48.8 Å². The summed E-state index contributed by atoms with van der Waals surface area (Å²) in [7, 11) is 0. The first-order chi connectivity index (χ1) is 17.2. The molecule has 35 heavy (non-hydrogen) atoms. The molecule has 0 amide bonds. The number of fused-ring (bicyclic) bond motifs is 2. The van der Waals surface area contributed by atoms with E-state index >= 15 is 0 Å². The number of hydrogen-bond acceptors (Lipinski definition) is 8. The number of likely N-dealkylation sites (N-methyl/N-ethyl adjacent to an activating group) is 1. The fourth-order valence-corrected chi connectivity index (χ4v) is 5.71. The van der Waals surface area contributed by atoms with Gasteiger partial charge in [0, 0.05) is 67.6 Å². The number of anilines is 4. The fraction of sp³-hybridized carbons (Fsp3) is 0.444. The summed E-state index contributed by atoms with van der Waals surface area (Å²) < 4.78 is 5.44. The average molecular weight is 472 g/mol. The molecule has 0 aliphatic carbocycles. The molecule has 0 radical (unpaired) electrons. The number of benzene rings is 1. The smallest absolute Gasteiger partial charge is 0.227 e. The summed E-state index contributed by atoms with van der Waals surface area (Å²) in [5.41, 5.74) is 5.46. The molecule has 0 saturated carbocycles. The van der Waals surface area contributed by atoms with Gasteiger partial charge in [0.15, 0.2) is 0 Å². The molecule has 2 bridgehead atoms. The van der Waals surface area contributed by atoms with Crippen molar-refractivity contribution in [1.82, 2.24) is 19.9 Å². The van der Waals surface area contributed by atoms with E-state index < -0.39 is 0 Å². The molecule has 0 spiro atoms. The van der Waals surface area contributed by atoms with Gasteiger partial charge in [-0.1, -0.05) is 6.92 Å². The van der Waals surface area contributed by atoms with E-state index in [0.717, 1.165) is 62.2 Å². The number of likely N-dealkylation sites (tertiary alicyclic amines) is 1. The summed E-state index contributed by atoms with van der Waals surface area (Å²) in [5, 5.41) is 3.39. The van der Waals surface area contributed by atoms with Gasteiger partial charge in [-0.05, 0) is 61.9 Å². The number of nitrogens with zero attached hydrogens (tertiary/aromatic N) is 6. The van der Waals surface area contributed by atoms with Gasteiger partial charge in [-0.2, -0.15) is 0 Å². The normalized spacial score (nSPS) is 22.1. The van der Waals surface area contributed by atoms with Gasteiger partial charge in [-0.15, -0.1) is 0 Å². The Balaban J connectivity index is 1.15. The van der Waals surface area contributed by atoms with E-state index in [1.807, 2.05) is 12.3 Å². The Kier molecular flexibility index (Phi) is 6.00. The number of rotatable bonds is 6. The van der Waals surface area contributed by atoms with Crippen molar-refractivity contribution in [2.75, 3.05) is 61.1 Å². The molecule has 2 aromatic heterocycles. The molecule has 3 aliphatic heterocycles. The van der Waals surface area contributed by atoms with E-state index in [9.17, 15) is 0 Å². The molecule has 6 rings (SSSR count). The second kappa shape index (κ2) is 9.43. The third-order valence-corrected chi connectivity index (χ3v) is 7.56. The Hall–Kier alpha value is -3.23. The first kappa shape index (κ1) is 22.2. The largest absolute Gasteiger partial charge is 0.378 e. The Morgan fingerprint density at radius 2 is 1.91 bits per heavy atom. The number of nitrogens with one attached hydrogen (secondary N) is 1. The molecule has 182 valence electrons. The van der Waals surface area contributed by atoms with Gasteiger partial charge in [-0.25, -0.2) is 15.0 Å². The van der Waals surface area contributed by atoms with Crippen LogP contribution in [0.1, 0.15) is 18.9 Å². The summed E-state index contributed by atoms with van der Waals surface area (Å²) >= 11 is 0. The molecule has 3 aromatic rings. The van der Waals surface area contributed by atoms with Crippen LogP contribution in [0, 0.1) is 6.92 Å². The van der Waals surface area contributed by atoms with Crippen LogP contribution >= 0.6 is 0 Å². The predicted octanol–water partition coefficient (Wildman–Crippen LogP) is 3.71. The Labute approximate surface area is 207 Å². The minimum atomic E-state index is 0.589. The molecule has 8 nitrogen and oxygen atoms in total. The van der Waals surface area contributed by atoms with Gasteiger partial charge < -0.3 is 19.9 Å². The number of aryl methyl sites for hydroxylation is 1. The van der Waals surface area contributed by atoms with Gasteiger partial charge in [0.2, 0.25) is 5.95 Å². The van der Waals surface area contributed by atoms with Crippen molar-refractivity contribution in [1.29, 1.82) is 0 Å². The highest BCUT2D eigenvalue weighted by Crippen LogP contribution is 2.36. The number of morpholine rings is 1. The van der Waals surface area contributed by atoms with Crippen LogP contribution in [-0.2, 0) is 4.74 Å². The van der Waals surface area contributed by atoms with Crippen molar-refractivity contribution in [3.63, 3.8) is 0 Å². The van der Waals surface area contributed by atoms with Gasteiger partial charge in [-0.3, -0.25) is 4.90 Å². The summed E-state index contributed by atoms with van der Waals surface area (Å²) in [6.07, 6.45) is 4.97. The van der Waals surface area contributed by atoms with Crippen LogP contribution in [0.4, 0.5) is 23.1 Å². The van der Waals surface area contributed by atoms with Crippen molar-refractivity contribution < 1.29 is 4.74 Å². The first-order valence-corrected chi connectivity index (χ1v) is 12.7. The summed E-state index contributed by atoms with van der Waals surface area (Å²) in [4.78, 5) is 21.3. The Bertz CT molecular complexity index is 1180.